The Morgan fingerprint density at radius 3 is 2.22 bits per heavy atom. The van der Waals surface area contributed by atoms with Crippen molar-refractivity contribution in [1.29, 1.82) is 0 Å². The topological polar surface area (TPSA) is 58.6 Å². The molecular weight excluding hydrogens is 400 g/mol. The highest BCUT2D eigenvalue weighted by Gasteiger charge is 2.40. The normalized spacial score (nSPS) is 13.7. The summed E-state index contributed by atoms with van der Waals surface area (Å²) >= 11 is 0. The molecule has 0 spiro atoms. The Labute approximate surface area is 188 Å². The number of anilines is 2. The predicted molar refractivity (Wildman–Crippen MR) is 128 cm³/mol. The average Bonchev–Trinajstić information content (AvgIpc) is 2.99. The second-order valence-corrected chi connectivity index (χ2v) is 7.94. The van der Waals surface area contributed by atoms with Crippen LogP contribution in [0.4, 0.5) is 11.4 Å². The maximum atomic E-state index is 13.6. The molecule has 0 saturated carbocycles. The molecule has 0 atom stereocenters. The Kier molecular flexibility index (Phi) is 5.82. The number of ether oxygens (including phenoxy) is 1. The smallest absolute Gasteiger partial charge is 0.282 e. The van der Waals surface area contributed by atoms with Crippen LogP contribution in [0.1, 0.15) is 29.2 Å². The van der Waals surface area contributed by atoms with Gasteiger partial charge in [-0.1, -0.05) is 42.0 Å². The van der Waals surface area contributed by atoms with E-state index in [-0.39, 0.29) is 17.5 Å². The molecular formula is C27H26N2O3. The fourth-order valence-corrected chi connectivity index (χ4v) is 3.94. The summed E-state index contributed by atoms with van der Waals surface area (Å²) in [5, 5.41) is 3.22. The first kappa shape index (κ1) is 21.4. The first-order valence-corrected chi connectivity index (χ1v) is 10.7. The lowest BCUT2D eigenvalue weighted by atomic mass is 10.0. The largest absolute Gasteiger partial charge is 0.494 e. The molecule has 1 heterocycles. The van der Waals surface area contributed by atoms with Gasteiger partial charge in [-0.05, 0) is 74.7 Å². The maximum Gasteiger partial charge on any atom is 0.282 e. The quantitative estimate of drug-likeness (QED) is 0.536. The van der Waals surface area contributed by atoms with Crippen molar-refractivity contribution in [3.8, 4) is 5.75 Å². The average molecular weight is 427 g/mol. The number of benzene rings is 3. The summed E-state index contributed by atoms with van der Waals surface area (Å²) in [4.78, 5) is 28.4. The molecule has 5 heteroatoms. The van der Waals surface area contributed by atoms with Gasteiger partial charge in [0, 0.05) is 5.69 Å². The summed E-state index contributed by atoms with van der Waals surface area (Å²) in [6.07, 6.45) is 0. The van der Waals surface area contributed by atoms with Crippen LogP contribution >= 0.6 is 0 Å². The highest BCUT2D eigenvalue weighted by atomic mass is 16.5. The lowest BCUT2D eigenvalue weighted by molar-refractivity contribution is -0.120. The number of aryl methyl sites for hydroxylation is 3. The third kappa shape index (κ3) is 4.02. The van der Waals surface area contributed by atoms with Crippen molar-refractivity contribution in [3.05, 3.63) is 94.7 Å². The summed E-state index contributed by atoms with van der Waals surface area (Å²) in [5.41, 5.74) is 5.62. The second kappa shape index (κ2) is 8.71. The molecule has 1 aliphatic heterocycles. The number of nitrogens with one attached hydrogen (secondary N) is 1. The predicted octanol–water partition coefficient (Wildman–Crippen LogP) is 5.41. The summed E-state index contributed by atoms with van der Waals surface area (Å²) in [5.74, 6) is 0.00154. The number of carbonyl (C=O) groups excluding carboxylic acids is 2. The van der Waals surface area contributed by atoms with E-state index in [9.17, 15) is 9.59 Å². The summed E-state index contributed by atoms with van der Waals surface area (Å²) in [7, 11) is 0. The fourth-order valence-electron chi connectivity index (χ4n) is 3.94. The van der Waals surface area contributed by atoms with Gasteiger partial charge in [0.25, 0.3) is 11.8 Å². The summed E-state index contributed by atoms with van der Waals surface area (Å²) in [6.45, 7) is 8.35. The third-order valence-corrected chi connectivity index (χ3v) is 5.42. The van der Waals surface area contributed by atoms with Gasteiger partial charge in [-0.3, -0.25) is 9.59 Å². The zero-order valence-electron chi connectivity index (χ0n) is 18.7. The molecule has 0 bridgehead atoms. The number of hydrogen-bond donors (Lipinski definition) is 1. The van der Waals surface area contributed by atoms with Gasteiger partial charge in [0.1, 0.15) is 11.4 Å². The Hall–Kier alpha value is -3.86. The molecule has 0 aromatic heterocycles. The molecule has 162 valence electrons. The number of rotatable bonds is 6. The SMILES string of the molecule is CCOc1ccc(C2=C(Nc3cccc(C)c3)C(=O)N(c3ccc(C)cc3C)C2=O)cc1. The summed E-state index contributed by atoms with van der Waals surface area (Å²) in [6, 6.07) is 20.7. The van der Waals surface area contributed by atoms with Crippen molar-refractivity contribution in [1.82, 2.24) is 0 Å². The van der Waals surface area contributed by atoms with Crippen LogP contribution in [-0.4, -0.2) is 18.4 Å². The minimum Gasteiger partial charge on any atom is -0.494 e. The number of nitrogens with zero attached hydrogens (tertiary/aromatic N) is 1. The van der Waals surface area contributed by atoms with Crippen LogP contribution in [0.5, 0.6) is 5.75 Å². The van der Waals surface area contributed by atoms with E-state index < -0.39 is 0 Å². The van der Waals surface area contributed by atoms with Gasteiger partial charge in [-0.2, -0.15) is 0 Å². The lowest BCUT2D eigenvalue weighted by Crippen LogP contribution is -2.33. The molecule has 0 aliphatic carbocycles. The van der Waals surface area contributed by atoms with Crippen molar-refractivity contribution in [2.75, 3.05) is 16.8 Å². The highest BCUT2D eigenvalue weighted by molar-refractivity contribution is 6.46. The van der Waals surface area contributed by atoms with Gasteiger partial charge in [-0.15, -0.1) is 0 Å². The van der Waals surface area contributed by atoms with E-state index in [1.165, 1.54) is 4.90 Å². The van der Waals surface area contributed by atoms with E-state index in [0.29, 0.717) is 29.2 Å². The molecule has 2 amide bonds. The van der Waals surface area contributed by atoms with Crippen LogP contribution in [0, 0.1) is 20.8 Å². The van der Waals surface area contributed by atoms with Gasteiger partial charge < -0.3 is 10.1 Å². The van der Waals surface area contributed by atoms with Crippen LogP contribution in [0.3, 0.4) is 0 Å². The Bertz CT molecular complexity index is 1230. The molecule has 0 unspecified atom stereocenters. The third-order valence-electron chi connectivity index (χ3n) is 5.42. The minimum atomic E-state index is -0.368. The van der Waals surface area contributed by atoms with E-state index in [2.05, 4.69) is 5.32 Å². The first-order valence-electron chi connectivity index (χ1n) is 10.7. The Morgan fingerprint density at radius 2 is 1.56 bits per heavy atom. The van der Waals surface area contributed by atoms with Gasteiger partial charge in [0.15, 0.2) is 0 Å². The van der Waals surface area contributed by atoms with Crippen LogP contribution in [0.15, 0.2) is 72.4 Å². The van der Waals surface area contributed by atoms with Gasteiger partial charge in [-0.25, -0.2) is 4.90 Å². The van der Waals surface area contributed by atoms with Crippen LogP contribution < -0.4 is 15.0 Å². The van der Waals surface area contributed by atoms with E-state index in [4.69, 9.17) is 4.74 Å². The minimum absolute atomic E-state index is 0.268. The van der Waals surface area contributed by atoms with Gasteiger partial charge in [0.2, 0.25) is 0 Å². The van der Waals surface area contributed by atoms with Crippen molar-refractivity contribution >= 4 is 28.8 Å². The van der Waals surface area contributed by atoms with E-state index in [0.717, 1.165) is 22.4 Å². The molecule has 3 aromatic carbocycles. The van der Waals surface area contributed by atoms with Gasteiger partial charge in [0.05, 0.1) is 17.9 Å². The Morgan fingerprint density at radius 1 is 0.844 bits per heavy atom. The summed E-state index contributed by atoms with van der Waals surface area (Å²) < 4.78 is 5.53. The van der Waals surface area contributed by atoms with Crippen LogP contribution in [-0.2, 0) is 9.59 Å². The maximum absolute atomic E-state index is 13.6. The first-order chi connectivity index (χ1) is 15.4. The number of carbonyl (C=O) groups is 2. The van der Waals surface area contributed by atoms with E-state index in [1.807, 2.05) is 94.4 Å². The van der Waals surface area contributed by atoms with Crippen molar-refractivity contribution in [2.24, 2.45) is 0 Å². The molecule has 0 saturated heterocycles. The van der Waals surface area contributed by atoms with E-state index in [1.54, 1.807) is 0 Å². The number of imide groups is 1. The monoisotopic (exact) mass is 426 g/mol. The number of amides is 2. The van der Waals surface area contributed by atoms with Crippen LogP contribution in [0.2, 0.25) is 0 Å². The molecule has 1 N–H and O–H groups in total. The van der Waals surface area contributed by atoms with Crippen molar-refractivity contribution in [2.45, 2.75) is 27.7 Å². The number of hydrogen-bond acceptors (Lipinski definition) is 4. The standard InChI is InChI=1S/C27H26N2O3/c1-5-32-22-12-10-20(11-13-22)24-25(28-21-8-6-7-17(2)16-21)27(31)29(26(24)30)23-14-9-18(3)15-19(23)4/h6-16,28H,5H2,1-4H3. The fraction of sp³-hybridized carbons (Fsp3) is 0.185. The molecule has 32 heavy (non-hydrogen) atoms. The highest BCUT2D eigenvalue weighted by Crippen LogP contribution is 2.35. The Balaban J connectivity index is 1.81. The molecule has 1 aliphatic rings. The van der Waals surface area contributed by atoms with Gasteiger partial charge >= 0.3 is 0 Å². The molecule has 4 rings (SSSR count). The molecule has 0 fully saturated rings. The lowest BCUT2D eigenvalue weighted by Gasteiger charge is -2.18. The zero-order chi connectivity index (χ0) is 22.8. The van der Waals surface area contributed by atoms with Crippen molar-refractivity contribution in [3.63, 3.8) is 0 Å². The molecule has 3 aromatic rings. The van der Waals surface area contributed by atoms with E-state index >= 15 is 0 Å². The molecule has 0 radical (unpaired) electrons. The zero-order valence-corrected chi connectivity index (χ0v) is 18.7. The van der Waals surface area contributed by atoms with Crippen LogP contribution in [0.25, 0.3) is 5.57 Å². The molecule has 5 nitrogen and oxygen atoms in total. The second-order valence-electron chi connectivity index (χ2n) is 7.94. The van der Waals surface area contributed by atoms with Crippen molar-refractivity contribution < 1.29 is 14.3 Å².